The van der Waals surface area contributed by atoms with Crippen molar-refractivity contribution in [3.63, 3.8) is 0 Å². The van der Waals surface area contributed by atoms with Crippen LogP contribution in [0.3, 0.4) is 0 Å². The highest BCUT2D eigenvalue weighted by Gasteiger charge is 2.25. The van der Waals surface area contributed by atoms with E-state index in [0.717, 1.165) is 96.3 Å². The van der Waals surface area contributed by atoms with Crippen LogP contribution < -0.4 is 0 Å². The van der Waals surface area contributed by atoms with Crippen LogP contribution in [-0.4, -0.2) is 87.4 Å². The Balaban J connectivity index is 4.09. The fourth-order valence-corrected chi connectivity index (χ4v) is 10.4. The van der Waals surface area contributed by atoms with Gasteiger partial charge in [-0.1, -0.05) is 316 Å². The van der Waals surface area contributed by atoms with Gasteiger partial charge in [-0.25, -0.2) is 4.79 Å². The monoisotopic (exact) mass is 1240 g/mol. The molecule has 0 heterocycles. The SMILES string of the molecule is CC/C=C\C/C=C\C/C=C\C/C=C\C/C=C\C/C=C\C/C=C\CCCCCCCCCC(=O)OC(COC(=O)CCCCCCCCCCCCCCCCCCCCCCCCC/C=C\C/C=C\CCCCCCC)COC(OCC[N+](C)(C)C)C(=O)O. The number of rotatable bonds is 68. The summed E-state index contributed by atoms with van der Waals surface area (Å²) < 4.78 is 23.0. The van der Waals surface area contributed by atoms with E-state index in [4.69, 9.17) is 18.9 Å². The summed E-state index contributed by atoms with van der Waals surface area (Å²) in [5.41, 5.74) is 0. The zero-order valence-electron chi connectivity index (χ0n) is 58.6. The lowest BCUT2D eigenvalue weighted by atomic mass is 10.0. The van der Waals surface area contributed by atoms with E-state index in [1.54, 1.807) is 0 Å². The minimum Gasteiger partial charge on any atom is -0.477 e. The van der Waals surface area contributed by atoms with Crippen LogP contribution in [0.1, 0.15) is 322 Å². The lowest BCUT2D eigenvalue weighted by Crippen LogP contribution is -2.40. The maximum atomic E-state index is 13.0. The van der Waals surface area contributed by atoms with Crippen molar-refractivity contribution in [2.45, 2.75) is 334 Å². The first-order valence-electron chi connectivity index (χ1n) is 37.1. The fourth-order valence-electron chi connectivity index (χ4n) is 10.4. The van der Waals surface area contributed by atoms with Crippen LogP contribution in [0.5, 0.6) is 0 Å². The molecule has 0 rings (SSSR count). The molecule has 0 fully saturated rings. The standard InChI is InChI=1S/C80H139NO8/c1-6-8-10-12-14-16-18-20-22-24-26-28-30-32-34-36-37-38-39-40-41-43-44-46-48-50-52-54-56-58-60-62-64-66-68-70-77(82)87-74-76(75-88-80(79(84)85)86-73-72-81(3,4)5)89-78(83)71-69-67-65-63-61-59-57-55-53-51-49-47-45-42-35-33-31-29-27-25-23-21-19-17-15-13-11-9-7-2/h9,11,15,17-18,20-21,23-24,26-27,29,33,35,45,47,51,53,76,80H,6-8,10,12-14,16,19,22,25,28,30-32,34,36-44,46,48-50,52,54-75H2,1-5H3/p+1/b11-9-,17-15-,20-18-,23-21-,26-24-,29-27-,35-33-,47-45-,53-51-. The highest BCUT2D eigenvalue weighted by Crippen LogP contribution is 2.18. The van der Waals surface area contributed by atoms with Gasteiger partial charge in [0, 0.05) is 12.8 Å². The van der Waals surface area contributed by atoms with Gasteiger partial charge in [-0.3, -0.25) is 9.59 Å². The summed E-state index contributed by atoms with van der Waals surface area (Å²) in [5, 5.41) is 9.76. The molecule has 512 valence electrons. The minimum absolute atomic E-state index is 0.182. The zero-order valence-corrected chi connectivity index (χ0v) is 58.6. The van der Waals surface area contributed by atoms with E-state index in [0.29, 0.717) is 23.9 Å². The number of carboxylic acid groups (broad SMARTS) is 1. The van der Waals surface area contributed by atoms with E-state index in [-0.39, 0.29) is 32.2 Å². The average molecular weight is 1240 g/mol. The summed E-state index contributed by atoms with van der Waals surface area (Å²) in [6, 6.07) is 0. The first kappa shape index (κ1) is 85.0. The summed E-state index contributed by atoms with van der Waals surface area (Å²) in [6.07, 6.45) is 95.0. The summed E-state index contributed by atoms with van der Waals surface area (Å²) >= 11 is 0. The third kappa shape index (κ3) is 71.3. The maximum absolute atomic E-state index is 13.0. The van der Waals surface area contributed by atoms with Crippen molar-refractivity contribution < 1.29 is 42.9 Å². The summed E-state index contributed by atoms with van der Waals surface area (Å²) in [6.45, 7) is 4.77. The number of likely N-dealkylation sites (N-methyl/N-ethyl adjacent to an activating group) is 1. The molecule has 9 nitrogen and oxygen atoms in total. The van der Waals surface area contributed by atoms with Crippen LogP contribution >= 0.6 is 0 Å². The second kappa shape index (κ2) is 69.8. The Hall–Kier alpha value is -4.05. The third-order valence-electron chi connectivity index (χ3n) is 16.0. The van der Waals surface area contributed by atoms with Crippen molar-refractivity contribution in [3.8, 4) is 0 Å². The molecule has 0 aliphatic heterocycles. The van der Waals surface area contributed by atoms with Gasteiger partial charge in [0.25, 0.3) is 6.29 Å². The topological polar surface area (TPSA) is 108 Å². The van der Waals surface area contributed by atoms with E-state index in [1.165, 1.54) is 193 Å². The van der Waals surface area contributed by atoms with Crippen LogP contribution in [0.25, 0.3) is 0 Å². The number of quaternary nitrogens is 1. The highest BCUT2D eigenvalue weighted by atomic mass is 16.7. The van der Waals surface area contributed by atoms with Crippen LogP contribution in [-0.2, 0) is 33.3 Å². The molecule has 0 aliphatic rings. The van der Waals surface area contributed by atoms with Crippen molar-refractivity contribution in [3.05, 3.63) is 109 Å². The van der Waals surface area contributed by atoms with Gasteiger partial charge in [0.15, 0.2) is 6.10 Å². The van der Waals surface area contributed by atoms with Crippen molar-refractivity contribution in [2.24, 2.45) is 0 Å². The molecule has 0 aliphatic carbocycles. The van der Waals surface area contributed by atoms with E-state index >= 15 is 0 Å². The van der Waals surface area contributed by atoms with E-state index < -0.39 is 24.3 Å². The van der Waals surface area contributed by atoms with Gasteiger partial charge in [0.05, 0.1) is 34.4 Å². The molecule has 0 amide bonds. The number of allylic oxidation sites excluding steroid dienone is 18. The molecule has 9 heteroatoms. The second-order valence-electron chi connectivity index (χ2n) is 25.9. The van der Waals surface area contributed by atoms with E-state index in [2.05, 4.69) is 123 Å². The molecular weight excluding hydrogens is 1100 g/mol. The van der Waals surface area contributed by atoms with Crippen LogP contribution in [0.15, 0.2) is 109 Å². The predicted molar refractivity (Wildman–Crippen MR) is 382 cm³/mol. The molecule has 0 aromatic carbocycles. The zero-order chi connectivity index (χ0) is 64.7. The lowest BCUT2D eigenvalue weighted by Gasteiger charge is -2.25. The number of hydrogen-bond donors (Lipinski definition) is 1. The predicted octanol–water partition coefficient (Wildman–Crippen LogP) is 23.4. The van der Waals surface area contributed by atoms with Crippen LogP contribution in [0.4, 0.5) is 0 Å². The Morgan fingerprint density at radius 1 is 0.348 bits per heavy atom. The number of aliphatic carboxylic acids is 1. The molecule has 89 heavy (non-hydrogen) atoms. The summed E-state index contributed by atoms with van der Waals surface area (Å²) in [7, 11) is 5.97. The molecule has 0 aromatic rings. The van der Waals surface area contributed by atoms with Crippen molar-refractivity contribution in [2.75, 3.05) is 47.5 Å². The van der Waals surface area contributed by atoms with Crippen molar-refractivity contribution >= 4 is 17.9 Å². The summed E-state index contributed by atoms with van der Waals surface area (Å²) in [4.78, 5) is 37.7. The van der Waals surface area contributed by atoms with Crippen LogP contribution in [0.2, 0.25) is 0 Å². The van der Waals surface area contributed by atoms with Crippen LogP contribution in [0, 0.1) is 0 Å². The Kier molecular flexibility index (Phi) is 66.7. The molecule has 2 atom stereocenters. The van der Waals surface area contributed by atoms with Gasteiger partial charge < -0.3 is 28.5 Å². The molecule has 0 aromatic heterocycles. The number of esters is 2. The normalized spacial score (nSPS) is 13.3. The Labute approximate surface area is 549 Å². The van der Waals surface area contributed by atoms with Gasteiger partial charge in [0.2, 0.25) is 0 Å². The molecule has 0 radical (unpaired) electrons. The molecule has 0 saturated heterocycles. The lowest BCUT2D eigenvalue weighted by molar-refractivity contribution is -0.870. The van der Waals surface area contributed by atoms with E-state index in [9.17, 15) is 19.5 Å². The average Bonchev–Trinajstić information content (AvgIpc) is 3.71. The largest absolute Gasteiger partial charge is 0.477 e. The third-order valence-corrected chi connectivity index (χ3v) is 16.0. The number of carbonyl (C=O) groups excluding carboxylic acids is 2. The van der Waals surface area contributed by atoms with Crippen molar-refractivity contribution in [1.82, 2.24) is 0 Å². The maximum Gasteiger partial charge on any atom is 0.361 e. The summed E-state index contributed by atoms with van der Waals surface area (Å²) in [5.74, 6) is -2.01. The number of carboxylic acids is 1. The van der Waals surface area contributed by atoms with Gasteiger partial charge >= 0.3 is 17.9 Å². The Bertz CT molecular complexity index is 1830. The highest BCUT2D eigenvalue weighted by molar-refractivity contribution is 5.71. The smallest absolute Gasteiger partial charge is 0.361 e. The number of unbranched alkanes of at least 4 members (excludes halogenated alkanes) is 35. The number of ether oxygens (including phenoxy) is 4. The van der Waals surface area contributed by atoms with Gasteiger partial charge in [0.1, 0.15) is 13.2 Å². The first-order valence-corrected chi connectivity index (χ1v) is 37.1. The van der Waals surface area contributed by atoms with Gasteiger partial charge in [-0.15, -0.1) is 0 Å². The van der Waals surface area contributed by atoms with Crippen molar-refractivity contribution in [1.29, 1.82) is 0 Å². The fraction of sp³-hybridized carbons (Fsp3) is 0.738. The first-order chi connectivity index (χ1) is 43.6. The minimum atomic E-state index is -1.52. The number of hydrogen-bond acceptors (Lipinski definition) is 7. The molecule has 1 N–H and O–H groups in total. The Morgan fingerprint density at radius 3 is 0.955 bits per heavy atom. The molecule has 0 saturated carbocycles. The molecule has 0 bridgehead atoms. The quantitative estimate of drug-likeness (QED) is 0.0211. The van der Waals surface area contributed by atoms with E-state index in [1.807, 2.05) is 21.1 Å². The van der Waals surface area contributed by atoms with Gasteiger partial charge in [-0.05, 0) is 103 Å². The Morgan fingerprint density at radius 2 is 0.640 bits per heavy atom. The van der Waals surface area contributed by atoms with Gasteiger partial charge in [-0.2, -0.15) is 0 Å². The number of nitrogens with zero attached hydrogens (tertiary/aromatic N) is 1. The molecular formula is C80H140NO8+. The number of carbonyl (C=O) groups is 3. The molecule has 0 spiro atoms. The molecule has 2 unspecified atom stereocenters. The second-order valence-corrected chi connectivity index (χ2v) is 25.9.